The standard InChI is InChI=1S/C16H23N5O3/c1-2-24-16(23)21-7-5-13(6-8-21)19-14(22)11-9-17-15(18-10-11)20-12-3-4-12/h9-10,12-13H,2-8H2,1H3,(H,19,22)(H,17,18,20). The highest BCUT2D eigenvalue weighted by Crippen LogP contribution is 2.22. The summed E-state index contributed by atoms with van der Waals surface area (Å²) in [6.45, 7) is 3.34. The van der Waals surface area contributed by atoms with Crippen molar-refractivity contribution in [3.8, 4) is 0 Å². The Labute approximate surface area is 141 Å². The van der Waals surface area contributed by atoms with Gasteiger partial charge in [0.25, 0.3) is 5.91 Å². The van der Waals surface area contributed by atoms with Crippen LogP contribution in [0.25, 0.3) is 0 Å². The zero-order valence-corrected chi connectivity index (χ0v) is 13.8. The number of hydrogen-bond donors (Lipinski definition) is 2. The van der Waals surface area contributed by atoms with Gasteiger partial charge in [0.15, 0.2) is 0 Å². The third-order valence-corrected chi connectivity index (χ3v) is 4.18. The second-order valence-corrected chi connectivity index (χ2v) is 6.15. The van der Waals surface area contributed by atoms with Crippen molar-refractivity contribution in [3.05, 3.63) is 18.0 Å². The Balaban J connectivity index is 1.46. The van der Waals surface area contributed by atoms with Crippen LogP contribution in [0, 0.1) is 0 Å². The first-order valence-electron chi connectivity index (χ1n) is 8.47. The van der Waals surface area contributed by atoms with Gasteiger partial charge in [-0.05, 0) is 32.6 Å². The summed E-state index contributed by atoms with van der Waals surface area (Å²) >= 11 is 0. The summed E-state index contributed by atoms with van der Waals surface area (Å²) in [6.07, 6.45) is 6.53. The van der Waals surface area contributed by atoms with Gasteiger partial charge in [0.05, 0.1) is 12.2 Å². The molecule has 2 amide bonds. The maximum atomic E-state index is 12.3. The molecule has 24 heavy (non-hydrogen) atoms. The zero-order valence-electron chi connectivity index (χ0n) is 13.8. The topological polar surface area (TPSA) is 96.5 Å². The van der Waals surface area contributed by atoms with E-state index in [4.69, 9.17) is 4.74 Å². The molecule has 1 aromatic heterocycles. The van der Waals surface area contributed by atoms with Crippen molar-refractivity contribution < 1.29 is 14.3 Å². The van der Waals surface area contributed by atoms with Gasteiger partial charge < -0.3 is 20.3 Å². The zero-order chi connectivity index (χ0) is 16.9. The fraction of sp³-hybridized carbons (Fsp3) is 0.625. The second-order valence-electron chi connectivity index (χ2n) is 6.15. The van der Waals surface area contributed by atoms with Crippen molar-refractivity contribution in [1.29, 1.82) is 0 Å². The molecule has 1 saturated carbocycles. The molecule has 0 bridgehead atoms. The van der Waals surface area contributed by atoms with E-state index >= 15 is 0 Å². The van der Waals surface area contributed by atoms with E-state index in [2.05, 4.69) is 20.6 Å². The van der Waals surface area contributed by atoms with Crippen molar-refractivity contribution >= 4 is 17.9 Å². The number of anilines is 1. The Morgan fingerprint density at radius 1 is 1.17 bits per heavy atom. The molecule has 0 aromatic carbocycles. The molecule has 8 heteroatoms. The Bertz CT molecular complexity index is 580. The van der Waals surface area contributed by atoms with E-state index in [9.17, 15) is 9.59 Å². The number of likely N-dealkylation sites (tertiary alicyclic amines) is 1. The van der Waals surface area contributed by atoms with Gasteiger partial charge in [-0.3, -0.25) is 4.79 Å². The van der Waals surface area contributed by atoms with E-state index in [1.165, 1.54) is 0 Å². The van der Waals surface area contributed by atoms with Crippen molar-refractivity contribution in [3.63, 3.8) is 0 Å². The fourth-order valence-electron chi connectivity index (χ4n) is 2.62. The van der Waals surface area contributed by atoms with Gasteiger partial charge in [-0.25, -0.2) is 14.8 Å². The first-order valence-corrected chi connectivity index (χ1v) is 8.47. The van der Waals surface area contributed by atoms with Crippen molar-refractivity contribution in [2.24, 2.45) is 0 Å². The van der Waals surface area contributed by atoms with Gasteiger partial charge in [0, 0.05) is 37.6 Å². The molecular weight excluding hydrogens is 310 g/mol. The van der Waals surface area contributed by atoms with Gasteiger partial charge in [-0.15, -0.1) is 0 Å². The SMILES string of the molecule is CCOC(=O)N1CCC(NC(=O)c2cnc(NC3CC3)nc2)CC1. The Hall–Kier alpha value is -2.38. The lowest BCUT2D eigenvalue weighted by Crippen LogP contribution is -2.46. The van der Waals surface area contributed by atoms with E-state index in [-0.39, 0.29) is 18.0 Å². The molecule has 2 aliphatic rings. The van der Waals surface area contributed by atoms with E-state index in [0.717, 1.165) is 12.8 Å². The van der Waals surface area contributed by atoms with Crippen LogP contribution < -0.4 is 10.6 Å². The molecule has 0 radical (unpaired) electrons. The largest absolute Gasteiger partial charge is 0.450 e. The van der Waals surface area contributed by atoms with Crippen molar-refractivity contribution in [1.82, 2.24) is 20.2 Å². The van der Waals surface area contributed by atoms with Crippen LogP contribution in [0.3, 0.4) is 0 Å². The monoisotopic (exact) mass is 333 g/mol. The number of carbonyl (C=O) groups is 2. The van der Waals surface area contributed by atoms with Crippen molar-refractivity contribution in [2.45, 2.75) is 44.7 Å². The summed E-state index contributed by atoms with van der Waals surface area (Å²) in [7, 11) is 0. The summed E-state index contributed by atoms with van der Waals surface area (Å²) in [6, 6.07) is 0.529. The minimum Gasteiger partial charge on any atom is -0.450 e. The molecule has 0 atom stereocenters. The van der Waals surface area contributed by atoms with Crippen LogP contribution in [0.2, 0.25) is 0 Å². The molecule has 1 saturated heterocycles. The minimum absolute atomic E-state index is 0.0486. The Morgan fingerprint density at radius 2 is 1.83 bits per heavy atom. The lowest BCUT2D eigenvalue weighted by Gasteiger charge is -2.31. The smallest absolute Gasteiger partial charge is 0.409 e. The van der Waals surface area contributed by atoms with Crippen LogP contribution in [0.5, 0.6) is 0 Å². The van der Waals surface area contributed by atoms with E-state index < -0.39 is 0 Å². The van der Waals surface area contributed by atoms with Crippen LogP contribution in [0.1, 0.15) is 43.0 Å². The highest BCUT2D eigenvalue weighted by molar-refractivity contribution is 5.93. The van der Waals surface area contributed by atoms with E-state index in [1.54, 1.807) is 24.2 Å². The highest BCUT2D eigenvalue weighted by atomic mass is 16.6. The van der Waals surface area contributed by atoms with Crippen LogP contribution in [0.4, 0.5) is 10.7 Å². The molecule has 0 spiro atoms. The molecule has 2 fully saturated rings. The fourth-order valence-corrected chi connectivity index (χ4v) is 2.62. The number of carbonyl (C=O) groups excluding carboxylic acids is 2. The number of piperidine rings is 1. The Morgan fingerprint density at radius 3 is 2.42 bits per heavy atom. The normalized spacial score (nSPS) is 18.1. The number of nitrogens with one attached hydrogen (secondary N) is 2. The maximum absolute atomic E-state index is 12.3. The summed E-state index contributed by atoms with van der Waals surface area (Å²) in [4.78, 5) is 33.9. The van der Waals surface area contributed by atoms with Crippen LogP contribution in [-0.2, 0) is 4.74 Å². The predicted molar refractivity (Wildman–Crippen MR) is 87.8 cm³/mol. The van der Waals surface area contributed by atoms with E-state index in [0.29, 0.717) is 50.1 Å². The molecule has 1 aromatic rings. The number of rotatable bonds is 5. The van der Waals surface area contributed by atoms with E-state index in [1.807, 2.05) is 0 Å². The predicted octanol–water partition coefficient (Wildman–Crippen LogP) is 1.40. The maximum Gasteiger partial charge on any atom is 0.409 e. The van der Waals surface area contributed by atoms with Gasteiger partial charge >= 0.3 is 6.09 Å². The Kier molecular flexibility index (Phi) is 5.12. The number of amides is 2. The molecule has 1 aliphatic carbocycles. The molecular formula is C16H23N5O3. The minimum atomic E-state index is -0.283. The lowest BCUT2D eigenvalue weighted by atomic mass is 10.1. The number of hydrogen-bond acceptors (Lipinski definition) is 6. The van der Waals surface area contributed by atoms with Gasteiger partial charge in [0.2, 0.25) is 5.95 Å². The highest BCUT2D eigenvalue weighted by Gasteiger charge is 2.25. The number of nitrogens with zero attached hydrogens (tertiary/aromatic N) is 3. The first-order chi connectivity index (χ1) is 11.7. The third kappa shape index (κ3) is 4.33. The average Bonchev–Trinajstić information content (AvgIpc) is 3.40. The quantitative estimate of drug-likeness (QED) is 0.845. The second kappa shape index (κ2) is 7.46. The average molecular weight is 333 g/mol. The number of ether oxygens (including phenoxy) is 1. The van der Waals surface area contributed by atoms with Crippen LogP contribution >= 0.6 is 0 Å². The van der Waals surface area contributed by atoms with Crippen LogP contribution in [0.15, 0.2) is 12.4 Å². The molecule has 0 unspecified atom stereocenters. The summed E-state index contributed by atoms with van der Waals surface area (Å²) in [5.74, 6) is 0.388. The third-order valence-electron chi connectivity index (χ3n) is 4.18. The van der Waals surface area contributed by atoms with Crippen molar-refractivity contribution in [2.75, 3.05) is 25.0 Å². The molecule has 8 nitrogen and oxygen atoms in total. The molecule has 1 aliphatic heterocycles. The lowest BCUT2D eigenvalue weighted by molar-refractivity contribution is 0.0859. The van der Waals surface area contributed by atoms with Gasteiger partial charge in [-0.2, -0.15) is 0 Å². The molecule has 130 valence electrons. The summed E-state index contributed by atoms with van der Waals surface area (Å²) < 4.78 is 4.99. The van der Waals surface area contributed by atoms with Gasteiger partial charge in [-0.1, -0.05) is 0 Å². The molecule has 2 heterocycles. The van der Waals surface area contributed by atoms with Gasteiger partial charge in [0.1, 0.15) is 0 Å². The van der Waals surface area contributed by atoms with Crippen LogP contribution in [-0.4, -0.2) is 58.6 Å². The first kappa shape index (κ1) is 16.5. The molecule has 3 rings (SSSR count). The molecule has 2 N–H and O–H groups in total. The summed E-state index contributed by atoms with van der Waals surface area (Å²) in [5, 5.41) is 6.17. The summed E-state index contributed by atoms with van der Waals surface area (Å²) in [5.41, 5.74) is 0.448. The number of aromatic nitrogens is 2.